The summed E-state index contributed by atoms with van der Waals surface area (Å²) in [7, 11) is 0. The van der Waals surface area contributed by atoms with Crippen LogP contribution in [0.2, 0.25) is 10.0 Å². The molecular formula is C13H11Cl2N3O2. The molecule has 0 fully saturated rings. The maximum absolute atomic E-state index is 9.79. The maximum atomic E-state index is 9.79. The SMILES string of the molecule is CC1=Nc2c(Cl)cc(Cl)cc2CN1c1cc(O)[nH]c1O. The summed E-state index contributed by atoms with van der Waals surface area (Å²) in [4.78, 5) is 8.64. The highest BCUT2D eigenvalue weighted by Gasteiger charge is 2.24. The van der Waals surface area contributed by atoms with Gasteiger partial charge in [0.25, 0.3) is 0 Å². The fraction of sp³-hybridized carbons (Fsp3) is 0.154. The van der Waals surface area contributed by atoms with Crippen LogP contribution in [0.3, 0.4) is 0 Å². The van der Waals surface area contributed by atoms with Gasteiger partial charge < -0.3 is 15.1 Å². The molecule has 0 aliphatic carbocycles. The second kappa shape index (κ2) is 4.61. The number of benzene rings is 1. The Morgan fingerprint density at radius 2 is 2.00 bits per heavy atom. The number of rotatable bonds is 1. The van der Waals surface area contributed by atoms with Gasteiger partial charge in [0, 0.05) is 16.7 Å². The van der Waals surface area contributed by atoms with Gasteiger partial charge in [-0.3, -0.25) is 4.98 Å². The van der Waals surface area contributed by atoms with Gasteiger partial charge in [-0.2, -0.15) is 0 Å². The lowest BCUT2D eigenvalue weighted by Crippen LogP contribution is -2.30. The molecule has 2 heterocycles. The van der Waals surface area contributed by atoms with Gasteiger partial charge in [0.2, 0.25) is 5.88 Å². The molecule has 1 aliphatic rings. The molecule has 1 aliphatic heterocycles. The van der Waals surface area contributed by atoms with Crippen molar-refractivity contribution in [2.45, 2.75) is 13.5 Å². The van der Waals surface area contributed by atoms with Gasteiger partial charge in [-0.05, 0) is 19.1 Å². The quantitative estimate of drug-likeness (QED) is 0.750. The number of halogens is 2. The highest BCUT2D eigenvalue weighted by molar-refractivity contribution is 6.36. The fourth-order valence-electron chi connectivity index (χ4n) is 2.26. The first-order valence-corrected chi connectivity index (χ1v) is 6.63. The molecule has 0 bridgehead atoms. The van der Waals surface area contributed by atoms with Crippen molar-refractivity contribution in [1.29, 1.82) is 0 Å². The van der Waals surface area contributed by atoms with E-state index in [2.05, 4.69) is 9.98 Å². The number of aromatic hydroxyl groups is 2. The third-order valence-electron chi connectivity index (χ3n) is 3.15. The molecule has 2 aromatic rings. The zero-order valence-corrected chi connectivity index (χ0v) is 12.0. The molecule has 7 heteroatoms. The van der Waals surface area contributed by atoms with E-state index in [0.717, 1.165) is 5.56 Å². The predicted octanol–water partition coefficient (Wildman–Crippen LogP) is 3.80. The minimum Gasteiger partial charge on any atom is -0.494 e. The van der Waals surface area contributed by atoms with E-state index in [1.807, 2.05) is 0 Å². The highest BCUT2D eigenvalue weighted by atomic mass is 35.5. The number of anilines is 1. The molecule has 1 aromatic heterocycles. The third-order valence-corrected chi connectivity index (χ3v) is 3.66. The Hall–Kier alpha value is -1.85. The number of hydrogen-bond acceptors (Lipinski definition) is 4. The largest absolute Gasteiger partial charge is 0.494 e. The van der Waals surface area contributed by atoms with Crippen LogP contribution in [0, 0.1) is 0 Å². The summed E-state index contributed by atoms with van der Waals surface area (Å²) >= 11 is 12.1. The highest BCUT2D eigenvalue weighted by Crippen LogP contribution is 2.40. The molecule has 5 nitrogen and oxygen atoms in total. The van der Waals surface area contributed by atoms with Crippen LogP contribution < -0.4 is 4.90 Å². The summed E-state index contributed by atoms with van der Waals surface area (Å²) in [6.45, 7) is 2.26. The molecule has 1 aromatic carbocycles. The van der Waals surface area contributed by atoms with Gasteiger partial charge in [-0.25, -0.2) is 4.99 Å². The van der Waals surface area contributed by atoms with Crippen LogP contribution in [0.5, 0.6) is 11.8 Å². The summed E-state index contributed by atoms with van der Waals surface area (Å²) in [5.41, 5.74) is 1.99. The number of fused-ring (bicyclic) bond motifs is 1. The van der Waals surface area contributed by atoms with Crippen LogP contribution >= 0.6 is 23.2 Å². The standard InChI is InChI=1S/C13H11Cl2N3O2/c1-6-16-12-7(2-8(14)3-9(12)15)5-18(6)10-4-11(19)17-13(10)20/h2-4,17,19-20H,5H2,1H3. The second-order valence-corrected chi connectivity index (χ2v) is 5.37. The summed E-state index contributed by atoms with van der Waals surface area (Å²) in [5.74, 6) is 0.435. The Labute approximate surface area is 125 Å². The van der Waals surface area contributed by atoms with Gasteiger partial charge >= 0.3 is 0 Å². The van der Waals surface area contributed by atoms with Crippen LogP contribution in [0.15, 0.2) is 23.2 Å². The molecular weight excluding hydrogens is 301 g/mol. The number of H-pyrrole nitrogens is 1. The molecule has 0 amide bonds. The minimum absolute atomic E-state index is 0.111. The van der Waals surface area contributed by atoms with Gasteiger partial charge in [-0.15, -0.1) is 0 Å². The molecule has 0 atom stereocenters. The molecule has 3 N–H and O–H groups in total. The normalized spacial score (nSPS) is 14.2. The van der Waals surface area contributed by atoms with Crippen molar-refractivity contribution in [3.05, 3.63) is 33.8 Å². The fourth-order valence-corrected chi connectivity index (χ4v) is 2.83. The predicted molar refractivity (Wildman–Crippen MR) is 79.5 cm³/mol. The number of aromatic nitrogens is 1. The lowest BCUT2D eigenvalue weighted by molar-refractivity contribution is 0.425. The van der Waals surface area contributed by atoms with E-state index in [4.69, 9.17) is 23.2 Å². The van der Waals surface area contributed by atoms with Crippen molar-refractivity contribution < 1.29 is 10.2 Å². The smallest absolute Gasteiger partial charge is 0.215 e. The van der Waals surface area contributed by atoms with Crippen molar-refractivity contribution in [2.75, 3.05) is 4.90 Å². The van der Waals surface area contributed by atoms with E-state index in [-0.39, 0.29) is 11.8 Å². The summed E-state index contributed by atoms with van der Waals surface area (Å²) < 4.78 is 0. The Morgan fingerprint density at radius 1 is 1.25 bits per heavy atom. The molecule has 0 unspecified atom stereocenters. The maximum Gasteiger partial charge on any atom is 0.215 e. The van der Waals surface area contributed by atoms with E-state index in [9.17, 15) is 10.2 Å². The number of aromatic amines is 1. The first-order valence-electron chi connectivity index (χ1n) is 5.87. The lowest BCUT2D eigenvalue weighted by Gasteiger charge is -2.28. The summed E-state index contributed by atoms with van der Waals surface area (Å²) in [6, 6.07) is 4.87. The van der Waals surface area contributed by atoms with Crippen LogP contribution in [0.4, 0.5) is 11.4 Å². The van der Waals surface area contributed by atoms with Crippen molar-refractivity contribution >= 4 is 40.4 Å². The first kappa shape index (κ1) is 13.1. The topological polar surface area (TPSA) is 71.8 Å². The van der Waals surface area contributed by atoms with E-state index in [1.54, 1.807) is 24.0 Å². The van der Waals surface area contributed by atoms with Gasteiger partial charge in [0.1, 0.15) is 11.5 Å². The number of nitrogens with zero attached hydrogens (tertiary/aromatic N) is 2. The van der Waals surface area contributed by atoms with Gasteiger partial charge in [0.15, 0.2) is 5.88 Å². The number of nitrogens with one attached hydrogen (secondary N) is 1. The van der Waals surface area contributed by atoms with Crippen molar-refractivity contribution in [3.8, 4) is 11.8 Å². The molecule has 104 valence electrons. The van der Waals surface area contributed by atoms with E-state index >= 15 is 0 Å². The second-order valence-electron chi connectivity index (χ2n) is 4.53. The third kappa shape index (κ3) is 2.09. The molecule has 0 radical (unpaired) electrons. The summed E-state index contributed by atoms with van der Waals surface area (Å²) in [6.07, 6.45) is 0. The van der Waals surface area contributed by atoms with Crippen LogP contribution in [-0.4, -0.2) is 21.0 Å². The van der Waals surface area contributed by atoms with Crippen molar-refractivity contribution in [2.24, 2.45) is 4.99 Å². The Bertz CT molecular complexity index is 725. The summed E-state index contributed by atoms with van der Waals surface area (Å²) in [5, 5.41) is 20.2. The van der Waals surface area contributed by atoms with Crippen molar-refractivity contribution in [3.63, 3.8) is 0 Å². The monoisotopic (exact) mass is 311 g/mol. The Kier molecular flexibility index (Phi) is 3.03. The molecule has 3 rings (SSSR count). The van der Waals surface area contributed by atoms with E-state index in [0.29, 0.717) is 33.8 Å². The molecule has 20 heavy (non-hydrogen) atoms. The zero-order chi connectivity index (χ0) is 14.4. The minimum atomic E-state index is -0.117. The molecule has 0 saturated heterocycles. The lowest BCUT2D eigenvalue weighted by atomic mass is 10.1. The first-order chi connectivity index (χ1) is 9.45. The van der Waals surface area contributed by atoms with Gasteiger partial charge in [-0.1, -0.05) is 23.2 Å². The molecule has 0 spiro atoms. The van der Waals surface area contributed by atoms with Crippen molar-refractivity contribution in [1.82, 2.24) is 4.98 Å². The van der Waals surface area contributed by atoms with Crippen LogP contribution in [-0.2, 0) is 6.54 Å². The van der Waals surface area contributed by atoms with Crippen LogP contribution in [0.25, 0.3) is 0 Å². The molecule has 0 saturated carbocycles. The average molecular weight is 312 g/mol. The van der Waals surface area contributed by atoms with Crippen LogP contribution in [0.1, 0.15) is 12.5 Å². The Balaban J connectivity index is 2.09. The number of aliphatic imine (C=N–C) groups is 1. The van der Waals surface area contributed by atoms with Gasteiger partial charge in [0.05, 0.1) is 17.3 Å². The average Bonchev–Trinajstić information content (AvgIpc) is 2.69. The zero-order valence-electron chi connectivity index (χ0n) is 10.5. The van der Waals surface area contributed by atoms with E-state index in [1.165, 1.54) is 6.07 Å². The number of amidine groups is 1. The van der Waals surface area contributed by atoms with E-state index < -0.39 is 0 Å². The number of hydrogen-bond donors (Lipinski definition) is 3. The Morgan fingerprint density at radius 3 is 2.65 bits per heavy atom.